The Hall–Kier alpha value is -0.266. The predicted octanol–water partition coefficient (Wildman–Crippen LogP) is -1.76. The summed E-state index contributed by atoms with van der Waals surface area (Å²) in [5.41, 5.74) is 2.72. The third kappa shape index (κ3) is 15.7. The molecule has 17 heavy (non-hydrogen) atoms. The quantitative estimate of drug-likeness (QED) is 0.307. The molecule has 0 aliphatic rings. The summed E-state index contributed by atoms with van der Waals surface area (Å²) in [6.45, 7) is 10.2. The Morgan fingerprint density at radius 2 is 1.47 bits per heavy atom. The molecule has 0 atom stereocenters. The maximum absolute atomic E-state index is 3.00. The zero-order chi connectivity index (χ0) is 10.8. The van der Waals surface area contributed by atoms with Crippen molar-refractivity contribution in [3.63, 3.8) is 0 Å². The molecule has 0 unspecified atom stereocenters. The minimum Gasteiger partial charge on any atom is -1.00 e. The van der Waals surface area contributed by atoms with Gasteiger partial charge in [0.15, 0.2) is 0 Å². The fourth-order valence-corrected chi connectivity index (χ4v) is 1.04. The largest absolute Gasteiger partial charge is 4.00 e. The van der Waals surface area contributed by atoms with Gasteiger partial charge in [-0.15, -0.1) is 13.2 Å². The summed E-state index contributed by atoms with van der Waals surface area (Å²) < 4.78 is 0. The van der Waals surface area contributed by atoms with Crippen LogP contribution in [0.4, 0.5) is 0 Å². The van der Waals surface area contributed by atoms with Crippen LogP contribution in [0.25, 0.3) is 0 Å². The van der Waals surface area contributed by atoms with E-state index in [0.29, 0.717) is 0 Å². The molecule has 2 aromatic rings. The fourth-order valence-electron chi connectivity index (χ4n) is 1.04. The fraction of sp³-hybridized carbons (Fsp3) is 0.143. The van der Waals surface area contributed by atoms with Gasteiger partial charge in [-0.1, -0.05) is 13.8 Å². The minimum atomic E-state index is 0. The Kier molecular flexibility index (Phi) is 27.2. The van der Waals surface area contributed by atoms with Crippen molar-refractivity contribution in [3.8, 4) is 0 Å². The predicted molar refractivity (Wildman–Crippen MR) is 64.8 cm³/mol. The maximum Gasteiger partial charge on any atom is 4.00 e. The molecule has 2 rings (SSSR count). The zero-order valence-corrected chi connectivity index (χ0v) is 13.4. The van der Waals surface area contributed by atoms with Gasteiger partial charge in [-0.05, 0) is 0 Å². The van der Waals surface area contributed by atoms with Crippen LogP contribution in [-0.2, 0) is 21.7 Å². The van der Waals surface area contributed by atoms with E-state index >= 15 is 0 Å². The third-order valence-corrected chi connectivity index (χ3v) is 1.62. The second kappa shape index (κ2) is 18.1. The van der Waals surface area contributed by atoms with E-state index in [-0.39, 0.29) is 46.5 Å². The zero-order valence-electron chi connectivity index (χ0n) is 10.3. The molecule has 0 saturated carbocycles. The van der Waals surface area contributed by atoms with E-state index in [1.54, 1.807) is 0 Å². The second-order valence-corrected chi connectivity index (χ2v) is 2.93. The number of aryl methyl sites for hydroxylation is 2. The van der Waals surface area contributed by atoms with Crippen molar-refractivity contribution in [3.05, 3.63) is 72.8 Å². The van der Waals surface area contributed by atoms with Gasteiger partial charge in [0.2, 0.25) is 0 Å². The summed E-state index contributed by atoms with van der Waals surface area (Å²) in [5.74, 6) is 0. The molecule has 0 aromatic heterocycles. The number of hydrogen-bond acceptors (Lipinski definition) is 0. The van der Waals surface area contributed by atoms with Gasteiger partial charge in [-0.25, -0.2) is 23.8 Å². The molecule has 0 aliphatic heterocycles. The number of hydrogen-bond donors (Lipinski definition) is 0. The maximum atomic E-state index is 3.00. The van der Waals surface area contributed by atoms with Crippen LogP contribution in [0.2, 0.25) is 0 Å². The number of rotatable bonds is 0. The molecular formula is C14H18Cl2Ti. The van der Waals surface area contributed by atoms with E-state index in [1.165, 1.54) is 11.1 Å². The van der Waals surface area contributed by atoms with E-state index in [0.717, 1.165) is 0 Å². The normalized spacial score (nSPS) is 6.47. The van der Waals surface area contributed by atoms with Crippen LogP contribution in [0.1, 0.15) is 11.1 Å². The molecule has 92 valence electrons. The first-order valence-electron chi connectivity index (χ1n) is 4.65. The van der Waals surface area contributed by atoms with Crippen molar-refractivity contribution in [2.45, 2.75) is 13.8 Å². The van der Waals surface area contributed by atoms with Crippen molar-refractivity contribution >= 4 is 0 Å². The molecule has 0 heterocycles. The molecule has 2 aromatic carbocycles. The minimum absolute atomic E-state index is 0. The smallest absolute Gasteiger partial charge is 1.00 e. The summed E-state index contributed by atoms with van der Waals surface area (Å²) >= 11 is 0. The van der Waals surface area contributed by atoms with Gasteiger partial charge < -0.3 is 24.8 Å². The van der Waals surface area contributed by atoms with Crippen molar-refractivity contribution in [2.24, 2.45) is 0 Å². The molecule has 0 radical (unpaired) electrons. The Balaban J connectivity index is -0.0000000769. The molecule has 0 saturated heterocycles. The van der Waals surface area contributed by atoms with E-state index in [1.807, 2.05) is 30.3 Å². The third-order valence-electron chi connectivity index (χ3n) is 1.62. The Labute approximate surface area is 133 Å². The van der Waals surface area contributed by atoms with Gasteiger partial charge in [0.25, 0.3) is 0 Å². The molecule has 0 spiro atoms. The van der Waals surface area contributed by atoms with Crippen LogP contribution in [0.5, 0.6) is 0 Å². The van der Waals surface area contributed by atoms with Gasteiger partial charge in [0, 0.05) is 0 Å². The monoisotopic (exact) mass is 304 g/mol. The summed E-state index contributed by atoms with van der Waals surface area (Å²) in [5, 5.41) is 0. The second-order valence-electron chi connectivity index (χ2n) is 2.93. The molecule has 0 nitrogen and oxygen atoms in total. The van der Waals surface area contributed by atoms with Gasteiger partial charge in [0.1, 0.15) is 0 Å². The summed E-state index contributed by atoms with van der Waals surface area (Å²) in [7, 11) is 0. The standard InChI is InChI=1S/C7H9.C5H5.C2H4.2ClH.Ti/c1-6-3-4-7(2)5-6;1-2-4-5-3-1;1-2;;;/h3-5H,1-2H3;1-5H;1-2H2;2*1H;/q2*-1;;;;+4/p-2. The summed E-state index contributed by atoms with van der Waals surface area (Å²) in [6.07, 6.45) is 0. The molecular weight excluding hydrogens is 287 g/mol. The molecule has 0 N–H and O–H groups in total. The van der Waals surface area contributed by atoms with E-state index in [2.05, 4.69) is 45.2 Å². The molecule has 0 fully saturated rings. The van der Waals surface area contributed by atoms with Gasteiger partial charge in [-0.3, -0.25) is 0 Å². The average Bonchev–Trinajstić information content (AvgIpc) is 2.84. The van der Waals surface area contributed by atoms with Crippen molar-refractivity contribution < 1.29 is 46.5 Å². The average molecular weight is 305 g/mol. The van der Waals surface area contributed by atoms with Crippen LogP contribution < -0.4 is 24.8 Å². The molecule has 0 amide bonds. The van der Waals surface area contributed by atoms with Gasteiger partial charge in [-0.2, -0.15) is 35.9 Å². The van der Waals surface area contributed by atoms with Crippen LogP contribution >= 0.6 is 0 Å². The van der Waals surface area contributed by atoms with Crippen molar-refractivity contribution in [1.29, 1.82) is 0 Å². The molecule has 0 aliphatic carbocycles. The topological polar surface area (TPSA) is 0 Å². The first kappa shape index (κ1) is 25.5. The molecule has 0 bridgehead atoms. The van der Waals surface area contributed by atoms with E-state index in [4.69, 9.17) is 0 Å². The number of halogens is 2. The Morgan fingerprint density at radius 1 is 1.00 bits per heavy atom. The first-order chi connectivity index (χ1) is 6.79. The van der Waals surface area contributed by atoms with Crippen LogP contribution in [0, 0.1) is 13.8 Å². The van der Waals surface area contributed by atoms with Crippen LogP contribution in [-0.4, -0.2) is 0 Å². The van der Waals surface area contributed by atoms with Crippen LogP contribution in [0.15, 0.2) is 61.7 Å². The van der Waals surface area contributed by atoms with Crippen molar-refractivity contribution in [2.75, 3.05) is 0 Å². The Bertz CT molecular complexity index is 279. The van der Waals surface area contributed by atoms with E-state index < -0.39 is 0 Å². The SMILES string of the molecule is C=C.Cc1c[cH-]c(C)c1.[Cl-].[Cl-].[Ti+4].c1cc[cH-]c1. The van der Waals surface area contributed by atoms with E-state index in [9.17, 15) is 0 Å². The van der Waals surface area contributed by atoms with Gasteiger partial charge in [0.05, 0.1) is 0 Å². The Morgan fingerprint density at radius 3 is 1.59 bits per heavy atom. The van der Waals surface area contributed by atoms with Gasteiger partial charge >= 0.3 is 21.7 Å². The summed E-state index contributed by atoms with van der Waals surface area (Å²) in [4.78, 5) is 0. The summed E-state index contributed by atoms with van der Waals surface area (Å²) in [6, 6.07) is 16.4. The van der Waals surface area contributed by atoms with Crippen LogP contribution in [0.3, 0.4) is 0 Å². The first-order valence-corrected chi connectivity index (χ1v) is 4.65. The van der Waals surface area contributed by atoms with Crippen molar-refractivity contribution in [1.82, 2.24) is 0 Å². The molecule has 3 heteroatoms.